The van der Waals surface area contributed by atoms with Crippen LogP contribution in [0.25, 0.3) is 0 Å². The third-order valence-corrected chi connectivity index (χ3v) is 4.06. The summed E-state index contributed by atoms with van der Waals surface area (Å²) < 4.78 is 5.57. The highest BCUT2D eigenvalue weighted by atomic mass is 35.5. The zero-order chi connectivity index (χ0) is 13.1. The second-order valence-corrected chi connectivity index (χ2v) is 5.34. The van der Waals surface area contributed by atoms with Gasteiger partial charge in [0.1, 0.15) is 0 Å². The molecule has 2 atom stereocenters. The van der Waals surface area contributed by atoms with E-state index in [-0.39, 0.29) is 0 Å². The lowest BCUT2D eigenvalue weighted by Gasteiger charge is -2.38. The van der Waals surface area contributed by atoms with Crippen molar-refractivity contribution in [3.63, 3.8) is 0 Å². The van der Waals surface area contributed by atoms with Gasteiger partial charge in [0, 0.05) is 43.3 Å². The van der Waals surface area contributed by atoms with Crippen LogP contribution in [-0.2, 0) is 10.6 Å². The van der Waals surface area contributed by atoms with E-state index in [4.69, 9.17) is 16.3 Å². The minimum Gasteiger partial charge on any atom is -0.379 e. The third-order valence-electron chi connectivity index (χ3n) is 3.78. The molecule has 1 aromatic rings. The number of rotatable bonds is 3. The van der Waals surface area contributed by atoms with E-state index in [1.54, 1.807) is 7.11 Å². The van der Waals surface area contributed by atoms with E-state index in [1.807, 2.05) is 13.1 Å². The van der Waals surface area contributed by atoms with Crippen LogP contribution in [0.4, 0.5) is 5.69 Å². The largest absolute Gasteiger partial charge is 0.379 e. The maximum Gasteiger partial charge on any atom is 0.0772 e. The van der Waals surface area contributed by atoms with Gasteiger partial charge in [0.25, 0.3) is 0 Å². The Morgan fingerprint density at radius 2 is 2.33 bits per heavy atom. The number of aryl methyl sites for hydroxylation is 1. The first-order valence-electron chi connectivity index (χ1n) is 6.45. The van der Waals surface area contributed by atoms with E-state index in [9.17, 15) is 0 Å². The number of hydrogen-bond donors (Lipinski definition) is 0. The molecule has 0 spiro atoms. The SMILES string of the molecule is COC1CN(c2cc(C)ncc2CCl)CCC1C. The van der Waals surface area contributed by atoms with Gasteiger partial charge in [0.15, 0.2) is 0 Å². The van der Waals surface area contributed by atoms with Crippen molar-refractivity contribution in [1.82, 2.24) is 4.98 Å². The summed E-state index contributed by atoms with van der Waals surface area (Å²) in [6.45, 7) is 6.27. The highest BCUT2D eigenvalue weighted by Crippen LogP contribution is 2.28. The van der Waals surface area contributed by atoms with Gasteiger partial charge >= 0.3 is 0 Å². The fourth-order valence-electron chi connectivity index (χ4n) is 2.53. The third kappa shape index (κ3) is 2.78. The lowest BCUT2D eigenvalue weighted by atomic mass is 9.95. The molecule has 0 aliphatic carbocycles. The molecule has 3 nitrogen and oxygen atoms in total. The number of ether oxygens (including phenoxy) is 1. The smallest absolute Gasteiger partial charge is 0.0772 e. The van der Waals surface area contributed by atoms with Crippen molar-refractivity contribution < 1.29 is 4.74 Å². The van der Waals surface area contributed by atoms with Crippen molar-refractivity contribution in [2.24, 2.45) is 5.92 Å². The number of anilines is 1. The van der Waals surface area contributed by atoms with E-state index in [2.05, 4.69) is 22.9 Å². The van der Waals surface area contributed by atoms with Gasteiger partial charge in [-0.15, -0.1) is 11.6 Å². The molecule has 1 saturated heterocycles. The first kappa shape index (κ1) is 13.6. The van der Waals surface area contributed by atoms with E-state index in [1.165, 1.54) is 5.69 Å². The van der Waals surface area contributed by atoms with Crippen LogP contribution in [0, 0.1) is 12.8 Å². The van der Waals surface area contributed by atoms with E-state index < -0.39 is 0 Å². The summed E-state index contributed by atoms with van der Waals surface area (Å²) in [5, 5.41) is 0. The molecule has 0 saturated carbocycles. The van der Waals surface area contributed by atoms with Crippen LogP contribution >= 0.6 is 11.6 Å². The minimum atomic E-state index is 0.301. The molecule has 0 aromatic carbocycles. The van der Waals surface area contributed by atoms with Gasteiger partial charge in [-0.2, -0.15) is 0 Å². The Morgan fingerprint density at radius 1 is 1.56 bits per heavy atom. The molecule has 2 heterocycles. The molecule has 1 fully saturated rings. The molecule has 2 rings (SSSR count). The molecule has 1 aliphatic heterocycles. The van der Waals surface area contributed by atoms with Crippen LogP contribution in [0.3, 0.4) is 0 Å². The summed E-state index contributed by atoms with van der Waals surface area (Å²) in [5.74, 6) is 1.13. The number of methoxy groups -OCH3 is 1. The molecule has 100 valence electrons. The molecule has 0 radical (unpaired) electrons. The molecular weight excluding hydrogens is 248 g/mol. The lowest BCUT2D eigenvalue weighted by molar-refractivity contribution is 0.0498. The van der Waals surface area contributed by atoms with Crippen LogP contribution in [0.2, 0.25) is 0 Å². The fraction of sp³-hybridized carbons (Fsp3) is 0.643. The van der Waals surface area contributed by atoms with Crippen LogP contribution in [0.5, 0.6) is 0 Å². The van der Waals surface area contributed by atoms with Gasteiger partial charge in [-0.25, -0.2) is 0 Å². The number of aromatic nitrogens is 1. The molecule has 1 aliphatic rings. The predicted molar refractivity (Wildman–Crippen MR) is 75.3 cm³/mol. The molecule has 0 amide bonds. The van der Waals surface area contributed by atoms with Crippen molar-refractivity contribution in [3.8, 4) is 0 Å². The molecule has 0 N–H and O–H groups in total. The van der Waals surface area contributed by atoms with Crippen LogP contribution in [0.1, 0.15) is 24.6 Å². The first-order chi connectivity index (χ1) is 8.65. The van der Waals surface area contributed by atoms with Crippen molar-refractivity contribution in [3.05, 3.63) is 23.5 Å². The van der Waals surface area contributed by atoms with Crippen molar-refractivity contribution >= 4 is 17.3 Å². The summed E-state index contributed by atoms with van der Waals surface area (Å²) in [4.78, 5) is 6.69. The highest BCUT2D eigenvalue weighted by molar-refractivity contribution is 6.17. The van der Waals surface area contributed by atoms with Crippen LogP contribution in [-0.4, -0.2) is 31.3 Å². The highest BCUT2D eigenvalue weighted by Gasteiger charge is 2.27. The number of piperidine rings is 1. The Balaban J connectivity index is 2.23. The Morgan fingerprint density at radius 3 is 3.00 bits per heavy atom. The molecule has 18 heavy (non-hydrogen) atoms. The van der Waals surface area contributed by atoms with E-state index >= 15 is 0 Å². The average molecular weight is 269 g/mol. The number of nitrogens with zero attached hydrogens (tertiary/aromatic N) is 2. The van der Waals surface area contributed by atoms with Crippen molar-refractivity contribution in [2.75, 3.05) is 25.1 Å². The van der Waals surface area contributed by atoms with Gasteiger partial charge in [-0.3, -0.25) is 4.98 Å². The summed E-state index contributed by atoms with van der Waals surface area (Å²) in [5.41, 5.74) is 3.35. The van der Waals surface area contributed by atoms with Crippen molar-refractivity contribution in [2.45, 2.75) is 32.3 Å². The Bertz CT molecular complexity index is 411. The normalized spacial score (nSPS) is 24.3. The van der Waals surface area contributed by atoms with Crippen LogP contribution < -0.4 is 4.90 Å². The fourth-order valence-corrected chi connectivity index (χ4v) is 2.74. The Hall–Kier alpha value is -0.800. The summed E-state index contributed by atoms with van der Waals surface area (Å²) >= 11 is 6.00. The zero-order valence-electron chi connectivity index (χ0n) is 11.3. The summed E-state index contributed by atoms with van der Waals surface area (Å²) in [6.07, 6.45) is 3.34. The quantitative estimate of drug-likeness (QED) is 0.788. The molecule has 4 heteroatoms. The number of hydrogen-bond acceptors (Lipinski definition) is 3. The molecule has 0 bridgehead atoms. The lowest BCUT2D eigenvalue weighted by Crippen LogP contribution is -2.44. The monoisotopic (exact) mass is 268 g/mol. The zero-order valence-corrected chi connectivity index (χ0v) is 12.1. The Labute approximate surface area is 114 Å². The standard InChI is InChI=1S/C14H21ClN2O/c1-10-4-5-17(9-14(10)18-3)13-6-11(2)16-8-12(13)7-15/h6,8,10,14H,4-5,7,9H2,1-3H3. The van der Waals surface area contributed by atoms with Gasteiger partial charge in [-0.05, 0) is 25.3 Å². The number of pyridine rings is 1. The second kappa shape index (κ2) is 5.89. The van der Waals surface area contributed by atoms with Gasteiger partial charge in [0.2, 0.25) is 0 Å². The van der Waals surface area contributed by atoms with Gasteiger partial charge in [-0.1, -0.05) is 6.92 Å². The molecule has 1 aromatic heterocycles. The topological polar surface area (TPSA) is 25.4 Å². The number of halogens is 1. The summed E-state index contributed by atoms with van der Waals surface area (Å²) in [6, 6.07) is 2.13. The summed E-state index contributed by atoms with van der Waals surface area (Å²) in [7, 11) is 1.80. The predicted octanol–water partition coefficient (Wildman–Crippen LogP) is 2.99. The number of alkyl halides is 1. The molecule has 2 unspecified atom stereocenters. The minimum absolute atomic E-state index is 0.301. The first-order valence-corrected chi connectivity index (χ1v) is 6.98. The maximum absolute atomic E-state index is 6.00. The van der Waals surface area contributed by atoms with Crippen LogP contribution in [0.15, 0.2) is 12.3 Å². The second-order valence-electron chi connectivity index (χ2n) is 5.07. The average Bonchev–Trinajstić information content (AvgIpc) is 2.39. The van der Waals surface area contributed by atoms with E-state index in [0.717, 1.165) is 30.8 Å². The maximum atomic E-state index is 6.00. The van der Waals surface area contributed by atoms with Gasteiger partial charge < -0.3 is 9.64 Å². The van der Waals surface area contributed by atoms with Gasteiger partial charge in [0.05, 0.1) is 12.0 Å². The molecular formula is C14H21ClN2O. The Kier molecular flexibility index (Phi) is 4.46. The van der Waals surface area contributed by atoms with Crippen molar-refractivity contribution in [1.29, 1.82) is 0 Å². The van der Waals surface area contributed by atoms with E-state index in [0.29, 0.717) is 17.9 Å².